The fourth-order valence-corrected chi connectivity index (χ4v) is 2.82. The number of nitrogens with zero attached hydrogens (tertiary/aromatic N) is 2. The number of thiazole rings is 1. The molecule has 0 radical (unpaired) electrons. The summed E-state index contributed by atoms with van der Waals surface area (Å²) in [4.78, 5) is 5.21. The summed E-state index contributed by atoms with van der Waals surface area (Å²) in [5.74, 6) is 0.808. The van der Waals surface area contributed by atoms with Crippen molar-refractivity contribution in [2.24, 2.45) is 0 Å². The van der Waals surface area contributed by atoms with Crippen molar-refractivity contribution in [1.29, 1.82) is 0 Å². The molecule has 1 aromatic carbocycles. The Balaban J connectivity index is 2.28. The largest absolute Gasteiger partial charge is 0.496 e. The van der Waals surface area contributed by atoms with Crippen LogP contribution in [0.25, 0.3) is 16.2 Å². The lowest BCUT2D eigenvalue weighted by atomic mass is 10.1. The van der Waals surface area contributed by atoms with Crippen LogP contribution in [0.5, 0.6) is 5.75 Å². The number of rotatable bonds is 2. The van der Waals surface area contributed by atoms with E-state index in [0.29, 0.717) is 5.02 Å². The molecule has 0 unspecified atom stereocenters. The van der Waals surface area contributed by atoms with Crippen molar-refractivity contribution in [3.05, 3.63) is 41.0 Å². The number of methoxy groups -OCH3 is 1. The first kappa shape index (κ1) is 10.6. The first-order valence-electron chi connectivity index (χ1n) is 5.04. The van der Waals surface area contributed by atoms with Crippen LogP contribution in [0.15, 0.2) is 36.0 Å². The van der Waals surface area contributed by atoms with Crippen LogP contribution in [0.3, 0.4) is 0 Å². The highest BCUT2D eigenvalue weighted by molar-refractivity contribution is 7.15. The van der Waals surface area contributed by atoms with Crippen molar-refractivity contribution < 1.29 is 4.74 Å². The van der Waals surface area contributed by atoms with Gasteiger partial charge in [0.25, 0.3) is 0 Å². The highest BCUT2D eigenvalue weighted by atomic mass is 35.5. The van der Waals surface area contributed by atoms with Crippen LogP contribution in [0.2, 0.25) is 5.02 Å². The van der Waals surface area contributed by atoms with Crippen LogP contribution >= 0.6 is 22.9 Å². The van der Waals surface area contributed by atoms with E-state index in [1.54, 1.807) is 24.6 Å². The number of imidazole rings is 1. The van der Waals surface area contributed by atoms with Gasteiger partial charge < -0.3 is 4.74 Å². The van der Waals surface area contributed by atoms with Crippen LogP contribution < -0.4 is 4.74 Å². The van der Waals surface area contributed by atoms with E-state index in [1.165, 1.54) is 0 Å². The van der Waals surface area contributed by atoms with Crippen molar-refractivity contribution in [2.45, 2.75) is 0 Å². The van der Waals surface area contributed by atoms with Gasteiger partial charge in [0.2, 0.25) is 0 Å². The topological polar surface area (TPSA) is 26.5 Å². The van der Waals surface area contributed by atoms with Crippen LogP contribution in [-0.2, 0) is 0 Å². The Hall–Kier alpha value is -1.52. The summed E-state index contributed by atoms with van der Waals surface area (Å²) in [6.07, 6.45) is 3.72. The Kier molecular flexibility index (Phi) is 2.53. The van der Waals surface area contributed by atoms with Gasteiger partial charge >= 0.3 is 0 Å². The molecule has 0 fully saturated rings. The van der Waals surface area contributed by atoms with Crippen LogP contribution in [-0.4, -0.2) is 16.5 Å². The molecule has 86 valence electrons. The van der Waals surface area contributed by atoms with Gasteiger partial charge in [-0.3, -0.25) is 4.40 Å². The number of fused-ring (bicyclic) bond motifs is 1. The monoisotopic (exact) mass is 264 g/mol. The Labute approximate surface area is 107 Å². The van der Waals surface area contributed by atoms with E-state index in [2.05, 4.69) is 10.4 Å². The van der Waals surface area contributed by atoms with Gasteiger partial charge in [0, 0.05) is 28.4 Å². The smallest absolute Gasteiger partial charge is 0.194 e. The minimum absolute atomic E-state index is 0.695. The van der Waals surface area contributed by atoms with Crippen molar-refractivity contribution in [2.75, 3.05) is 7.11 Å². The molecule has 0 bridgehead atoms. The Bertz CT molecular complexity index is 674. The molecule has 3 nitrogen and oxygen atoms in total. The molecule has 2 aromatic heterocycles. The molecule has 0 spiro atoms. The number of benzene rings is 1. The van der Waals surface area contributed by atoms with E-state index in [-0.39, 0.29) is 0 Å². The van der Waals surface area contributed by atoms with Crippen LogP contribution in [0, 0.1) is 0 Å². The van der Waals surface area contributed by atoms with Gasteiger partial charge in [0.1, 0.15) is 5.75 Å². The average molecular weight is 265 g/mol. The second-order valence-electron chi connectivity index (χ2n) is 3.55. The summed E-state index contributed by atoms with van der Waals surface area (Å²) in [5, 5.41) is 2.75. The number of hydrogen-bond donors (Lipinski definition) is 0. The summed E-state index contributed by atoms with van der Waals surface area (Å²) in [5.41, 5.74) is 2.02. The van der Waals surface area contributed by atoms with Gasteiger partial charge in [-0.15, -0.1) is 11.3 Å². The van der Waals surface area contributed by atoms with E-state index >= 15 is 0 Å². The van der Waals surface area contributed by atoms with Crippen LogP contribution in [0.1, 0.15) is 0 Å². The van der Waals surface area contributed by atoms with Crippen molar-refractivity contribution in [3.8, 4) is 17.0 Å². The average Bonchev–Trinajstić information content (AvgIpc) is 2.90. The molecule has 3 aromatic rings. The van der Waals surface area contributed by atoms with Crippen LogP contribution in [0.4, 0.5) is 0 Å². The second kappa shape index (κ2) is 4.05. The maximum Gasteiger partial charge on any atom is 0.194 e. The molecule has 0 aliphatic heterocycles. The molecule has 0 saturated heterocycles. The summed E-state index contributed by atoms with van der Waals surface area (Å²) in [7, 11) is 1.66. The maximum absolute atomic E-state index is 6.04. The fraction of sp³-hybridized carbons (Fsp3) is 0.0833. The quantitative estimate of drug-likeness (QED) is 0.705. The van der Waals surface area contributed by atoms with Gasteiger partial charge in [-0.1, -0.05) is 11.6 Å². The zero-order chi connectivity index (χ0) is 11.8. The third-order valence-corrected chi connectivity index (χ3v) is 3.67. The Morgan fingerprint density at radius 2 is 2.29 bits per heavy atom. The normalized spacial score (nSPS) is 10.9. The third-order valence-electron chi connectivity index (χ3n) is 2.58. The molecule has 0 aliphatic rings. The number of ether oxygens (including phenoxy) is 1. The van der Waals surface area contributed by atoms with Gasteiger partial charge in [0.15, 0.2) is 4.96 Å². The standard InChI is InChI=1S/C12H9ClN2OS/c1-16-11-3-2-8(13)6-9(11)10-7-17-12-14-4-5-15(10)12/h2-7H,1H3. The summed E-state index contributed by atoms with van der Waals surface area (Å²) < 4.78 is 7.39. The molecule has 0 saturated carbocycles. The van der Waals surface area contributed by atoms with Crippen molar-refractivity contribution in [1.82, 2.24) is 9.38 Å². The molecule has 0 N–H and O–H groups in total. The lowest BCUT2D eigenvalue weighted by Gasteiger charge is -2.07. The molecule has 5 heteroatoms. The fourth-order valence-electron chi connectivity index (χ4n) is 1.80. The number of hydrogen-bond acceptors (Lipinski definition) is 3. The van der Waals surface area contributed by atoms with E-state index in [0.717, 1.165) is 22.0 Å². The molecular weight excluding hydrogens is 256 g/mol. The highest BCUT2D eigenvalue weighted by Crippen LogP contribution is 2.34. The maximum atomic E-state index is 6.04. The number of halogens is 1. The first-order valence-corrected chi connectivity index (χ1v) is 6.30. The Morgan fingerprint density at radius 1 is 1.41 bits per heavy atom. The van der Waals surface area contributed by atoms with E-state index in [4.69, 9.17) is 16.3 Å². The number of aromatic nitrogens is 2. The van der Waals surface area contributed by atoms with E-state index in [1.807, 2.05) is 28.8 Å². The highest BCUT2D eigenvalue weighted by Gasteiger charge is 2.11. The summed E-state index contributed by atoms with van der Waals surface area (Å²) >= 11 is 7.63. The van der Waals surface area contributed by atoms with Crippen molar-refractivity contribution in [3.63, 3.8) is 0 Å². The SMILES string of the molecule is COc1ccc(Cl)cc1-c1csc2nccn12. The van der Waals surface area contributed by atoms with E-state index < -0.39 is 0 Å². The zero-order valence-corrected chi connectivity index (χ0v) is 10.6. The molecular formula is C12H9ClN2OS. The molecule has 2 heterocycles. The zero-order valence-electron chi connectivity index (χ0n) is 9.05. The molecule has 3 rings (SSSR count). The van der Waals surface area contributed by atoms with Gasteiger partial charge in [0.05, 0.1) is 12.8 Å². The molecule has 0 aliphatic carbocycles. The second-order valence-corrected chi connectivity index (χ2v) is 4.82. The molecule has 0 atom stereocenters. The Morgan fingerprint density at radius 3 is 3.12 bits per heavy atom. The predicted octanol–water partition coefficient (Wildman–Crippen LogP) is 3.72. The minimum Gasteiger partial charge on any atom is -0.496 e. The van der Waals surface area contributed by atoms with Gasteiger partial charge in [-0.25, -0.2) is 4.98 Å². The lowest BCUT2D eigenvalue weighted by molar-refractivity contribution is 0.416. The third kappa shape index (κ3) is 1.69. The lowest BCUT2D eigenvalue weighted by Crippen LogP contribution is -1.90. The van der Waals surface area contributed by atoms with Gasteiger partial charge in [-0.2, -0.15) is 0 Å². The van der Waals surface area contributed by atoms with Gasteiger partial charge in [-0.05, 0) is 18.2 Å². The summed E-state index contributed by atoms with van der Waals surface area (Å²) in [6.45, 7) is 0. The van der Waals surface area contributed by atoms with Crippen molar-refractivity contribution >= 4 is 27.9 Å². The first-order chi connectivity index (χ1) is 8.29. The van der Waals surface area contributed by atoms with E-state index in [9.17, 15) is 0 Å². The minimum atomic E-state index is 0.695. The predicted molar refractivity (Wildman–Crippen MR) is 70.1 cm³/mol. The molecule has 17 heavy (non-hydrogen) atoms. The molecule has 0 amide bonds. The summed E-state index contributed by atoms with van der Waals surface area (Å²) in [6, 6.07) is 5.60.